The molecule has 0 saturated heterocycles. The zero-order valence-electron chi connectivity index (χ0n) is 7.48. The molecule has 0 amide bonds. The number of carboxylic acids is 1. The molecule has 0 aliphatic carbocycles. The van der Waals surface area contributed by atoms with E-state index in [1.54, 1.807) is 18.6 Å². The molecular formula is C10H8O3S. The molecule has 2 heterocycles. The maximum atomic E-state index is 10.7. The molecule has 1 N–H and O–H groups in total. The third kappa shape index (κ3) is 1.44. The number of aryl methyl sites for hydroxylation is 1. The van der Waals surface area contributed by atoms with E-state index in [0.717, 1.165) is 16.0 Å². The Hall–Kier alpha value is -1.55. The van der Waals surface area contributed by atoms with Crippen molar-refractivity contribution < 1.29 is 14.3 Å². The molecular weight excluding hydrogens is 200 g/mol. The Balaban J connectivity index is 2.50. The van der Waals surface area contributed by atoms with E-state index >= 15 is 0 Å². The molecule has 14 heavy (non-hydrogen) atoms. The second kappa shape index (κ2) is 3.31. The molecule has 0 aliphatic heterocycles. The molecule has 0 aromatic carbocycles. The highest BCUT2D eigenvalue weighted by Gasteiger charge is 2.12. The van der Waals surface area contributed by atoms with Gasteiger partial charge in [0, 0.05) is 10.4 Å². The van der Waals surface area contributed by atoms with Crippen LogP contribution in [0.25, 0.3) is 10.4 Å². The lowest BCUT2D eigenvalue weighted by atomic mass is 10.2. The van der Waals surface area contributed by atoms with Crippen molar-refractivity contribution in [2.75, 3.05) is 0 Å². The van der Waals surface area contributed by atoms with E-state index in [0.29, 0.717) is 4.88 Å². The summed E-state index contributed by atoms with van der Waals surface area (Å²) in [5.74, 6) is -0.882. The number of furan rings is 1. The number of hydrogen-bond donors (Lipinski definition) is 1. The molecule has 0 bridgehead atoms. The smallest absolute Gasteiger partial charge is 0.345 e. The average molecular weight is 208 g/mol. The SMILES string of the molecule is Cc1cc(C(=O)O)sc1-c1ccoc1. The zero-order valence-corrected chi connectivity index (χ0v) is 8.30. The van der Waals surface area contributed by atoms with Crippen molar-refractivity contribution in [2.45, 2.75) is 6.92 Å². The molecule has 0 unspecified atom stereocenters. The van der Waals surface area contributed by atoms with E-state index < -0.39 is 5.97 Å². The summed E-state index contributed by atoms with van der Waals surface area (Å²) in [6.45, 7) is 1.89. The van der Waals surface area contributed by atoms with Gasteiger partial charge in [-0.25, -0.2) is 4.79 Å². The van der Waals surface area contributed by atoms with Crippen LogP contribution < -0.4 is 0 Å². The maximum Gasteiger partial charge on any atom is 0.345 e. The Morgan fingerprint density at radius 2 is 2.36 bits per heavy atom. The van der Waals surface area contributed by atoms with E-state index in [9.17, 15) is 4.79 Å². The normalized spacial score (nSPS) is 10.4. The first-order valence-corrected chi connectivity index (χ1v) is 4.86. The first kappa shape index (κ1) is 9.02. The highest BCUT2D eigenvalue weighted by atomic mass is 32.1. The summed E-state index contributed by atoms with van der Waals surface area (Å²) in [5, 5.41) is 8.81. The van der Waals surface area contributed by atoms with Crippen LogP contribution in [0.4, 0.5) is 0 Å². The van der Waals surface area contributed by atoms with Gasteiger partial charge in [-0.05, 0) is 24.6 Å². The van der Waals surface area contributed by atoms with Crippen LogP contribution in [0.5, 0.6) is 0 Å². The molecule has 4 heteroatoms. The Labute approximate surface area is 84.6 Å². The molecule has 0 aliphatic rings. The van der Waals surface area contributed by atoms with Crippen molar-refractivity contribution in [1.29, 1.82) is 0 Å². The molecule has 0 fully saturated rings. The standard InChI is InChI=1S/C10H8O3S/c1-6-4-8(10(11)12)14-9(6)7-2-3-13-5-7/h2-5H,1H3,(H,11,12). The zero-order chi connectivity index (χ0) is 10.1. The van der Waals surface area contributed by atoms with Gasteiger partial charge in [-0.1, -0.05) is 0 Å². The summed E-state index contributed by atoms with van der Waals surface area (Å²) in [5.41, 5.74) is 1.90. The summed E-state index contributed by atoms with van der Waals surface area (Å²) < 4.78 is 4.95. The van der Waals surface area contributed by atoms with Crippen molar-refractivity contribution in [1.82, 2.24) is 0 Å². The van der Waals surface area contributed by atoms with Crippen LogP contribution in [0.2, 0.25) is 0 Å². The van der Waals surface area contributed by atoms with Gasteiger partial charge in [0.15, 0.2) is 0 Å². The maximum absolute atomic E-state index is 10.7. The van der Waals surface area contributed by atoms with Crippen molar-refractivity contribution >= 4 is 17.3 Å². The summed E-state index contributed by atoms with van der Waals surface area (Å²) in [4.78, 5) is 12.0. The van der Waals surface area contributed by atoms with Crippen LogP contribution in [-0.2, 0) is 0 Å². The van der Waals surface area contributed by atoms with Crippen LogP contribution in [0.15, 0.2) is 29.1 Å². The minimum atomic E-state index is -0.882. The van der Waals surface area contributed by atoms with Gasteiger partial charge in [0.25, 0.3) is 0 Å². The fraction of sp³-hybridized carbons (Fsp3) is 0.100. The van der Waals surface area contributed by atoms with Gasteiger partial charge >= 0.3 is 5.97 Å². The molecule has 2 rings (SSSR count). The van der Waals surface area contributed by atoms with Gasteiger partial charge in [-0.15, -0.1) is 11.3 Å². The molecule has 0 spiro atoms. The average Bonchev–Trinajstić information content (AvgIpc) is 2.71. The third-order valence-electron chi connectivity index (χ3n) is 1.91. The van der Waals surface area contributed by atoms with E-state index in [4.69, 9.17) is 9.52 Å². The minimum absolute atomic E-state index is 0.360. The Kier molecular flexibility index (Phi) is 2.13. The number of carbonyl (C=O) groups is 1. The first-order chi connectivity index (χ1) is 6.68. The third-order valence-corrected chi connectivity index (χ3v) is 3.19. The lowest BCUT2D eigenvalue weighted by Gasteiger charge is -1.90. The highest BCUT2D eigenvalue weighted by Crippen LogP contribution is 2.32. The van der Waals surface area contributed by atoms with Gasteiger partial charge in [0.1, 0.15) is 4.88 Å². The summed E-state index contributed by atoms with van der Waals surface area (Å²) in [7, 11) is 0. The van der Waals surface area contributed by atoms with E-state index in [-0.39, 0.29) is 0 Å². The van der Waals surface area contributed by atoms with Gasteiger partial charge in [0.2, 0.25) is 0 Å². The van der Waals surface area contributed by atoms with Crippen LogP contribution in [0.3, 0.4) is 0 Å². The number of aromatic carboxylic acids is 1. The molecule has 0 saturated carbocycles. The Bertz CT molecular complexity index is 454. The van der Waals surface area contributed by atoms with Crippen molar-refractivity contribution in [3.05, 3.63) is 35.1 Å². The Morgan fingerprint density at radius 3 is 2.86 bits per heavy atom. The molecule has 2 aromatic rings. The molecule has 0 radical (unpaired) electrons. The number of hydrogen-bond acceptors (Lipinski definition) is 3. The second-order valence-corrected chi connectivity index (χ2v) is 3.99. The predicted octanol–water partition coefficient (Wildman–Crippen LogP) is 3.01. The van der Waals surface area contributed by atoms with E-state index in [2.05, 4.69) is 0 Å². The summed E-state index contributed by atoms with van der Waals surface area (Å²) >= 11 is 1.27. The van der Waals surface area contributed by atoms with E-state index in [1.807, 2.05) is 13.0 Å². The van der Waals surface area contributed by atoms with Gasteiger partial charge in [-0.3, -0.25) is 0 Å². The van der Waals surface area contributed by atoms with Crippen molar-refractivity contribution in [3.8, 4) is 10.4 Å². The second-order valence-electron chi connectivity index (χ2n) is 2.94. The molecule has 72 valence electrons. The first-order valence-electron chi connectivity index (χ1n) is 4.05. The van der Waals surface area contributed by atoms with Crippen LogP contribution in [0, 0.1) is 6.92 Å². The molecule has 0 atom stereocenters. The van der Waals surface area contributed by atoms with Crippen molar-refractivity contribution in [3.63, 3.8) is 0 Å². The monoisotopic (exact) mass is 208 g/mol. The predicted molar refractivity (Wildman–Crippen MR) is 53.7 cm³/mol. The van der Waals surface area contributed by atoms with Gasteiger partial charge < -0.3 is 9.52 Å². The highest BCUT2D eigenvalue weighted by molar-refractivity contribution is 7.17. The number of rotatable bonds is 2. The minimum Gasteiger partial charge on any atom is -0.477 e. The number of thiophene rings is 1. The lowest BCUT2D eigenvalue weighted by Crippen LogP contribution is -1.89. The van der Waals surface area contributed by atoms with Crippen LogP contribution in [-0.4, -0.2) is 11.1 Å². The molecule has 3 nitrogen and oxygen atoms in total. The molecule has 2 aromatic heterocycles. The lowest BCUT2D eigenvalue weighted by molar-refractivity contribution is 0.0702. The van der Waals surface area contributed by atoms with Crippen LogP contribution in [0.1, 0.15) is 15.2 Å². The Morgan fingerprint density at radius 1 is 1.57 bits per heavy atom. The van der Waals surface area contributed by atoms with Gasteiger partial charge in [-0.2, -0.15) is 0 Å². The number of carboxylic acid groups (broad SMARTS) is 1. The largest absolute Gasteiger partial charge is 0.477 e. The van der Waals surface area contributed by atoms with Gasteiger partial charge in [0.05, 0.1) is 12.5 Å². The fourth-order valence-electron chi connectivity index (χ4n) is 1.27. The summed E-state index contributed by atoms with van der Waals surface area (Å²) in [6.07, 6.45) is 3.19. The van der Waals surface area contributed by atoms with Crippen LogP contribution >= 0.6 is 11.3 Å². The van der Waals surface area contributed by atoms with Crippen molar-refractivity contribution in [2.24, 2.45) is 0 Å². The quantitative estimate of drug-likeness (QED) is 0.825. The fourth-order valence-corrected chi connectivity index (χ4v) is 2.26. The van der Waals surface area contributed by atoms with E-state index in [1.165, 1.54) is 11.3 Å². The summed E-state index contributed by atoms with van der Waals surface area (Å²) in [6, 6.07) is 3.50. The topological polar surface area (TPSA) is 50.4 Å².